The van der Waals surface area contributed by atoms with Crippen LogP contribution < -0.4 is 4.90 Å². The van der Waals surface area contributed by atoms with Crippen molar-refractivity contribution in [1.29, 1.82) is 0 Å². The third-order valence-electron chi connectivity index (χ3n) is 4.18. The molecule has 1 amide bonds. The summed E-state index contributed by atoms with van der Waals surface area (Å²) in [6, 6.07) is 17.1. The van der Waals surface area contributed by atoms with E-state index >= 15 is 0 Å². The van der Waals surface area contributed by atoms with E-state index in [0.29, 0.717) is 6.54 Å². The summed E-state index contributed by atoms with van der Waals surface area (Å²) in [5.74, 6) is -0.0835. The molecule has 0 heterocycles. The Morgan fingerprint density at radius 2 is 1.73 bits per heavy atom. The predicted octanol–water partition coefficient (Wildman–Crippen LogP) is 3.20. The van der Waals surface area contributed by atoms with Gasteiger partial charge in [-0.1, -0.05) is 42.5 Å². The van der Waals surface area contributed by atoms with Crippen LogP contribution in [0.1, 0.15) is 24.5 Å². The smallest absolute Gasteiger partial charge is 0.228 e. The van der Waals surface area contributed by atoms with E-state index in [1.54, 1.807) is 4.90 Å². The normalized spacial score (nSPS) is 11.5. The number of anilines is 1. The zero-order valence-corrected chi connectivity index (χ0v) is 16.4. The molecule has 2 rings (SSSR count). The van der Waals surface area contributed by atoms with Gasteiger partial charge >= 0.3 is 0 Å². The molecule has 26 heavy (non-hydrogen) atoms. The van der Waals surface area contributed by atoms with E-state index in [0.717, 1.165) is 16.8 Å². The summed E-state index contributed by atoms with van der Waals surface area (Å²) in [5.41, 5.74) is 2.82. The monoisotopic (exact) mass is 374 g/mol. The quantitative estimate of drug-likeness (QED) is 0.713. The van der Waals surface area contributed by atoms with Gasteiger partial charge in [-0.05, 0) is 37.1 Å². The number of sulfonamides is 1. The fraction of sp³-hybridized carbons (Fsp3) is 0.350. The first-order valence-corrected chi connectivity index (χ1v) is 10.5. The third-order valence-corrected chi connectivity index (χ3v) is 5.43. The first kappa shape index (κ1) is 20.1. The van der Waals surface area contributed by atoms with Crippen molar-refractivity contribution in [3.05, 3.63) is 65.7 Å². The molecule has 0 spiro atoms. The van der Waals surface area contributed by atoms with Gasteiger partial charge in [0.1, 0.15) is 0 Å². The van der Waals surface area contributed by atoms with Crippen LogP contribution in [-0.4, -0.2) is 38.0 Å². The van der Waals surface area contributed by atoms with Gasteiger partial charge in [-0.25, -0.2) is 8.42 Å². The minimum atomic E-state index is -3.40. The van der Waals surface area contributed by atoms with Crippen molar-refractivity contribution in [2.75, 3.05) is 24.2 Å². The van der Waals surface area contributed by atoms with Gasteiger partial charge in [-0.3, -0.25) is 4.79 Å². The summed E-state index contributed by atoms with van der Waals surface area (Å²) >= 11 is 0. The Labute approximate surface area is 156 Å². The van der Waals surface area contributed by atoms with Crippen LogP contribution in [0.15, 0.2) is 54.6 Å². The lowest BCUT2D eigenvalue weighted by Gasteiger charge is -2.24. The molecular formula is C20H26N2O3S. The molecule has 0 bridgehead atoms. The molecule has 0 aliphatic carbocycles. The molecule has 0 aromatic heterocycles. The molecule has 0 N–H and O–H groups in total. The second-order valence-electron chi connectivity index (χ2n) is 6.31. The Bertz CT molecular complexity index is 835. The van der Waals surface area contributed by atoms with E-state index in [-0.39, 0.29) is 25.4 Å². The van der Waals surface area contributed by atoms with Crippen molar-refractivity contribution in [1.82, 2.24) is 4.31 Å². The lowest BCUT2D eigenvalue weighted by Crippen LogP contribution is -2.36. The van der Waals surface area contributed by atoms with Crippen LogP contribution in [0.5, 0.6) is 0 Å². The second-order valence-corrected chi connectivity index (χ2v) is 8.29. The van der Waals surface area contributed by atoms with Crippen molar-refractivity contribution < 1.29 is 13.2 Å². The van der Waals surface area contributed by atoms with E-state index in [9.17, 15) is 13.2 Å². The molecule has 0 aliphatic rings. The number of amides is 1. The van der Waals surface area contributed by atoms with Gasteiger partial charge in [0.25, 0.3) is 0 Å². The van der Waals surface area contributed by atoms with Crippen LogP contribution in [0.3, 0.4) is 0 Å². The van der Waals surface area contributed by atoms with Crippen LogP contribution in [0, 0.1) is 6.92 Å². The van der Waals surface area contributed by atoms with Crippen molar-refractivity contribution >= 4 is 21.6 Å². The van der Waals surface area contributed by atoms with E-state index in [1.807, 2.05) is 68.4 Å². The number of aryl methyl sites for hydroxylation is 1. The summed E-state index contributed by atoms with van der Waals surface area (Å²) < 4.78 is 25.6. The largest absolute Gasteiger partial charge is 0.313 e. The van der Waals surface area contributed by atoms with E-state index < -0.39 is 10.0 Å². The number of carbonyl (C=O) groups is 1. The highest BCUT2D eigenvalue weighted by atomic mass is 32.2. The highest BCUT2D eigenvalue weighted by molar-refractivity contribution is 7.88. The van der Waals surface area contributed by atoms with Gasteiger partial charge in [0, 0.05) is 31.7 Å². The number of hydrogen-bond acceptors (Lipinski definition) is 3. The van der Waals surface area contributed by atoms with Gasteiger partial charge in [0.05, 0.1) is 6.26 Å². The van der Waals surface area contributed by atoms with E-state index in [1.165, 1.54) is 10.6 Å². The van der Waals surface area contributed by atoms with Crippen LogP contribution in [0.2, 0.25) is 0 Å². The molecule has 0 unspecified atom stereocenters. The average Bonchev–Trinajstić information content (AvgIpc) is 2.59. The van der Waals surface area contributed by atoms with Gasteiger partial charge in [-0.2, -0.15) is 4.31 Å². The standard InChI is InChI=1S/C20H26N2O3S/c1-4-22(19-12-8-9-17(2)15-19)20(23)13-14-21(26(3,24)25)16-18-10-6-5-7-11-18/h5-12,15H,4,13-14,16H2,1-3H3. The molecule has 6 heteroatoms. The fourth-order valence-corrected chi connectivity index (χ4v) is 3.61. The number of carbonyl (C=O) groups excluding carboxylic acids is 1. The SMILES string of the molecule is CCN(C(=O)CCN(Cc1ccccc1)S(C)(=O)=O)c1cccc(C)c1. The number of nitrogens with zero attached hydrogens (tertiary/aromatic N) is 2. The molecule has 0 atom stereocenters. The maximum Gasteiger partial charge on any atom is 0.228 e. The average molecular weight is 375 g/mol. The molecule has 0 radical (unpaired) electrons. The highest BCUT2D eigenvalue weighted by Gasteiger charge is 2.21. The summed E-state index contributed by atoms with van der Waals surface area (Å²) in [6.45, 7) is 4.86. The summed E-state index contributed by atoms with van der Waals surface area (Å²) in [7, 11) is -3.40. The Morgan fingerprint density at radius 1 is 1.04 bits per heavy atom. The Balaban J connectivity index is 2.08. The number of rotatable bonds is 8. The summed E-state index contributed by atoms with van der Waals surface area (Å²) in [5, 5.41) is 0. The molecule has 2 aromatic rings. The molecule has 140 valence electrons. The molecule has 0 saturated carbocycles. The first-order valence-electron chi connectivity index (χ1n) is 8.67. The number of hydrogen-bond donors (Lipinski definition) is 0. The molecule has 0 aliphatic heterocycles. The van der Waals surface area contributed by atoms with E-state index in [2.05, 4.69) is 0 Å². The molecular weight excluding hydrogens is 348 g/mol. The molecule has 5 nitrogen and oxygen atoms in total. The van der Waals surface area contributed by atoms with Gasteiger partial charge < -0.3 is 4.90 Å². The second kappa shape index (κ2) is 8.96. The van der Waals surface area contributed by atoms with Crippen LogP contribution in [-0.2, 0) is 21.4 Å². The summed E-state index contributed by atoms with van der Waals surface area (Å²) in [6.07, 6.45) is 1.32. The minimum Gasteiger partial charge on any atom is -0.313 e. The van der Waals surface area contributed by atoms with Crippen LogP contribution in [0.25, 0.3) is 0 Å². The third kappa shape index (κ3) is 5.68. The lowest BCUT2D eigenvalue weighted by molar-refractivity contribution is -0.118. The lowest BCUT2D eigenvalue weighted by atomic mass is 10.2. The Hall–Kier alpha value is -2.18. The van der Waals surface area contributed by atoms with Crippen molar-refractivity contribution in [3.63, 3.8) is 0 Å². The van der Waals surface area contributed by atoms with Crippen LogP contribution >= 0.6 is 0 Å². The molecule has 2 aromatic carbocycles. The molecule has 0 saturated heterocycles. The van der Waals surface area contributed by atoms with Gasteiger partial charge in [0.2, 0.25) is 15.9 Å². The predicted molar refractivity (Wildman–Crippen MR) is 106 cm³/mol. The summed E-state index contributed by atoms with van der Waals surface area (Å²) in [4.78, 5) is 14.4. The van der Waals surface area contributed by atoms with Gasteiger partial charge in [-0.15, -0.1) is 0 Å². The van der Waals surface area contributed by atoms with Crippen molar-refractivity contribution in [2.24, 2.45) is 0 Å². The zero-order valence-electron chi connectivity index (χ0n) is 15.6. The van der Waals surface area contributed by atoms with Crippen LogP contribution in [0.4, 0.5) is 5.69 Å². The first-order chi connectivity index (χ1) is 12.3. The maximum atomic E-state index is 12.7. The van der Waals surface area contributed by atoms with E-state index in [4.69, 9.17) is 0 Å². The molecule has 0 fully saturated rings. The topological polar surface area (TPSA) is 57.7 Å². The Morgan fingerprint density at radius 3 is 2.31 bits per heavy atom. The number of benzene rings is 2. The minimum absolute atomic E-state index is 0.0835. The maximum absolute atomic E-state index is 12.7. The highest BCUT2D eigenvalue weighted by Crippen LogP contribution is 2.17. The van der Waals surface area contributed by atoms with Crippen molar-refractivity contribution in [2.45, 2.75) is 26.8 Å². The Kier molecular flexibility index (Phi) is 6.94. The zero-order chi connectivity index (χ0) is 19.2. The van der Waals surface area contributed by atoms with Crippen molar-refractivity contribution in [3.8, 4) is 0 Å². The fourth-order valence-electron chi connectivity index (χ4n) is 2.80. The van der Waals surface area contributed by atoms with Gasteiger partial charge in [0.15, 0.2) is 0 Å².